The molecule has 6 rings (SSSR count). The Morgan fingerprint density at radius 1 is 1.10 bits per heavy atom. The van der Waals surface area contributed by atoms with Gasteiger partial charge in [0, 0.05) is 12.1 Å². The van der Waals surface area contributed by atoms with E-state index >= 15 is 0 Å². The first kappa shape index (κ1) is 27.4. The third kappa shape index (κ3) is 4.78. The predicted molar refractivity (Wildman–Crippen MR) is 151 cm³/mol. The predicted octanol–water partition coefficient (Wildman–Crippen LogP) is 8.62. The smallest absolute Gasteiger partial charge is 0.340 e. The lowest BCUT2D eigenvalue weighted by Crippen LogP contribution is -2.44. The van der Waals surface area contributed by atoms with Gasteiger partial charge >= 0.3 is 6.18 Å². The van der Waals surface area contributed by atoms with Crippen molar-refractivity contribution < 1.29 is 22.4 Å². The zero-order valence-corrected chi connectivity index (χ0v) is 23.5. The number of carbonyl (C=O) groups is 1. The second kappa shape index (κ2) is 9.95. The van der Waals surface area contributed by atoms with Crippen LogP contribution in [-0.4, -0.2) is 32.3 Å². The van der Waals surface area contributed by atoms with E-state index in [1.165, 1.54) is 29.5 Å². The quantitative estimate of drug-likeness (QED) is 0.211. The van der Waals surface area contributed by atoms with Gasteiger partial charge in [0.25, 0.3) is 5.91 Å². The van der Waals surface area contributed by atoms with Crippen molar-refractivity contribution in [2.45, 2.75) is 38.4 Å². The number of aromatic nitrogens is 3. The summed E-state index contributed by atoms with van der Waals surface area (Å²) in [6, 6.07) is 15.8. The van der Waals surface area contributed by atoms with Gasteiger partial charge in [0.2, 0.25) is 0 Å². The number of hydrogen-bond donors (Lipinski definition) is 1. The van der Waals surface area contributed by atoms with Crippen molar-refractivity contribution in [3.63, 3.8) is 0 Å². The summed E-state index contributed by atoms with van der Waals surface area (Å²) in [5.74, 6) is -0.364. The zero-order valence-electron chi connectivity index (χ0n) is 21.9. The number of aromatic amines is 1. The summed E-state index contributed by atoms with van der Waals surface area (Å²) in [6.45, 7) is 4.21. The van der Waals surface area contributed by atoms with Crippen molar-refractivity contribution >= 4 is 39.9 Å². The Morgan fingerprint density at radius 2 is 1.83 bits per heavy atom. The molecular formula is C30H23ClF4N4OS. The molecule has 1 amide bonds. The van der Waals surface area contributed by atoms with E-state index in [-0.39, 0.29) is 22.6 Å². The van der Waals surface area contributed by atoms with Gasteiger partial charge in [-0.25, -0.2) is 14.4 Å². The Kier molecular flexibility index (Phi) is 6.66. The van der Waals surface area contributed by atoms with E-state index in [0.29, 0.717) is 40.7 Å². The Balaban J connectivity index is 1.44. The molecular weight excluding hydrogens is 576 g/mol. The molecule has 0 radical (unpaired) electrons. The van der Waals surface area contributed by atoms with Crippen LogP contribution in [0.4, 0.5) is 17.6 Å². The molecule has 5 nitrogen and oxygen atoms in total. The number of likely N-dealkylation sites (tertiary alicyclic amines) is 1. The highest BCUT2D eigenvalue weighted by Gasteiger charge is 2.45. The molecule has 3 heterocycles. The number of alkyl halides is 3. The van der Waals surface area contributed by atoms with Gasteiger partial charge in [-0.3, -0.25) is 4.79 Å². The fourth-order valence-corrected chi connectivity index (χ4v) is 6.77. The van der Waals surface area contributed by atoms with Gasteiger partial charge in [-0.15, -0.1) is 11.3 Å². The standard InChI is InChI=1S/C30H23ClF4N4OS/c1-16-6-3-4-7-19(16)26-38-24(25(41-26)17-8-10-18(32)11-9-17)27(40)39-13-5-12-29(39,2)28-36-22-14-20(30(33,34)35)21(31)15-23(22)37-28/h3-4,6-11,14-15H,5,12-13H2,1-2H3,(H,36,37)/t29-/m0/s1. The molecule has 0 bridgehead atoms. The molecule has 210 valence electrons. The van der Waals surface area contributed by atoms with Crippen molar-refractivity contribution in [2.75, 3.05) is 6.54 Å². The highest BCUT2D eigenvalue weighted by molar-refractivity contribution is 7.18. The van der Waals surface area contributed by atoms with Crippen LogP contribution in [0.1, 0.15) is 47.2 Å². The van der Waals surface area contributed by atoms with Crippen molar-refractivity contribution in [3.8, 4) is 21.0 Å². The number of benzene rings is 3. The molecule has 0 unspecified atom stereocenters. The van der Waals surface area contributed by atoms with Crippen LogP contribution in [0.25, 0.3) is 32.0 Å². The molecule has 0 spiro atoms. The number of H-pyrrole nitrogens is 1. The Hall–Kier alpha value is -3.76. The fraction of sp³-hybridized carbons (Fsp3) is 0.233. The van der Waals surface area contributed by atoms with Gasteiger partial charge in [0.05, 0.1) is 32.0 Å². The molecule has 11 heteroatoms. The monoisotopic (exact) mass is 598 g/mol. The highest BCUT2D eigenvalue weighted by atomic mass is 35.5. The number of thiazole rings is 1. The average molecular weight is 599 g/mol. The van der Waals surface area contributed by atoms with Gasteiger partial charge in [0.1, 0.15) is 22.3 Å². The molecule has 1 aliphatic heterocycles. The molecule has 1 atom stereocenters. The maximum atomic E-state index is 14.3. The number of fused-ring (bicyclic) bond motifs is 1. The molecule has 1 N–H and O–H groups in total. The van der Waals surface area contributed by atoms with E-state index < -0.39 is 28.1 Å². The summed E-state index contributed by atoms with van der Waals surface area (Å²) < 4.78 is 54.2. The minimum absolute atomic E-state index is 0.180. The summed E-state index contributed by atoms with van der Waals surface area (Å²) in [5, 5.41) is 0.215. The Morgan fingerprint density at radius 3 is 2.54 bits per heavy atom. The first-order chi connectivity index (χ1) is 19.5. The second-order valence-electron chi connectivity index (χ2n) is 10.3. The van der Waals surface area contributed by atoms with Gasteiger partial charge in [-0.1, -0.05) is 48.0 Å². The third-order valence-electron chi connectivity index (χ3n) is 7.58. The van der Waals surface area contributed by atoms with E-state index in [0.717, 1.165) is 17.2 Å². The normalized spacial score (nSPS) is 17.5. The lowest BCUT2D eigenvalue weighted by molar-refractivity contribution is -0.137. The molecule has 2 aromatic heterocycles. The molecule has 0 aliphatic carbocycles. The van der Waals surface area contributed by atoms with Crippen molar-refractivity contribution in [3.05, 3.63) is 94.1 Å². The molecule has 3 aromatic carbocycles. The van der Waals surface area contributed by atoms with Gasteiger partial charge in [-0.05, 0) is 62.1 Å². The van der Waals surface area contributed by atoms with Crippen LogP contribution >= 0.6 is 22.9 Å². The molecule has 41 heavy (non-hydrogen) atoms. The minimum atomic E-state index is -4.62. The van der Waals surface area contributed by atoms with Crippen LogP contribution in [0, 0.1) is 12.7 Å². The lowest BCUT2D eigenvalue weighted by atomic mass is 9.97. The van der Waals surface area contributed by atoms with Gasteiger partial charge < -0.3 is 9.88 Å². The van der Waals surface area contributed by atoms with E-state index in [2.05, 4.69) is 9.97 Å². The molecule has 1 saturated heterocycles. The van der Waals surface area contributed by atoms with Crippen molar-refractivity contribution in [1.29, 1.82) is 0 Å². The number of nitrogens with zero attached hydrogens (tertiary/aromatic N) is 3. The number of rotatable bonds is 4. The number of aryl methyl sites for hydroxylation is 1. The summed E-state index contributed by atoms with van der Waals surface area (Å²) >= 11 is 7.28. The zero-order chi connectivity index (χ0) is 29.1. The Bertz CT molecular complexity index is 1800. The largest absolute Gasteiger partial charge is 0.417 e. The van der Waals surface area contributed by atoms with Crippen LogP contribution < -0.4 is 0 Å². The highest BCUT2D eigenvalue weighted by Crippen LogP contribution is 2.43. The number of amides is 1. The first-order valence-electron chi connectivity index (χ1n) is 12.9. The number of hydrogen-bond acceptors (Lipinski definition) is 4. The Labute approximate surface area is 241 Å². The molecule has 0 saturated carbocycles. The molecule has 5 aromatic rings. The average Bonchev–Trinajstić information content (AvgIpc) is 3.65. The first-order valence-corrected chi connectivity index (χ1v) is 14.1. The number of imidazole rings is 1. The minimum Gasteiger partial charge on any atom is -0.340 e. The van der Waals surface area contributed by atoms with Crippen LogP contribution in [0.2, 0.25) is 5.02 Å². The third-order valence-corrected chi connectivity index (χ3v) is 9.03. The summed E-state index contributed by atoms with van der Waals surface area (Å²) in [7, 11) is 0. The summed E-state index contributed by atoms with van der Waals surface area (Å²) in [5.41, 5.74) is 1.34. The van der Waals surface area contributed by atoms with Gasteiger partial charge in [0.15, 0.2) is 0 Å². The van der Waals surface area contributed by atoms with Gasteiger partial charge in [-0.2, -0.15) is 13.2 Å². The van der Waals surface area contributed by atoms with Crippen LogP contribution in [0.3, 0.4) is 0 Å². The topological polar surface area (TPSA) is 61.9 Å². The van der Waals surface area contributed by atoms with E-state index in [1.54, 1.807) is 17.0 Å². The lowest BCUT2D eigenvalue weighted by Gasteiger charge is -2.33. The number of nitrogens with one attached hydrogen (secondary N) is 1. The fourth-order valence-electron chi connectivity index (χ4n) is 5.36. The molecule has 1 fully saturated rings. The van der Waals surface area contributed by atoms with Crippen molar-refractivity contribution in [1.82, 2.24) is 19.9 Å². The van der Waals surface area contributed by atoms with Crippen LogP contribution in [0.15, 0.2) is 60.7 Å². The maximum Gasteiger partial charge on any atom is 0.417 e. The van der Waals surface area contributed by atoms with Crippen LogP contribution in [-0.2, 0) is 11.7 Å². The van der Waals surface area contributed by atoms with E-state index in [4.69, 9.17) is 16.6 Å². The van der Waals surface area contributed by atoms with Crippen LogP contribution in [0.5, 0.6) is 0 Å². The maximum absolute atomic E-state index is 14.3. The summed E-state index contributed by atoms with van der Waals surface area (Å²) in [6.07, 6.45) is -3.42. The van der Waals surface area contributed by atoms with E-state index in [1.807, 2.05) is 38.1 Å². The van der Waals surface area contributed by atoms with Crippen molar-refractivity contribution in [2.24, 2.45) is 0 Å². The number of carbonyl (C=O) groups excluding carboxylic acids is 1. The molecule has 1 aliphatic rings. The summed E-state index contributed by atoms with van der Waals surface area (Å²) in [4.78, 5) is 28.9. The number of halogens is 5. The SMILES string of the molecule is Cc1ccccc1-c1nc(C(=O)N2CCC[C@@]2(C)c2nc3cc(Cl)c(C(F)(F)F)cc3[nH]2)c(-c2ccc(F)cc2)s1. The second-order valence-corrected chi connectivity index (χ2v) is 11.7. The van der Waals surface area contributed by atoms with E-state index in [9.17, 15) is 22.4 Å².